The van der Waals surface area contributed by atoms with Gasteiger partial charge < -0.3 is 9.88 Å². The molecule has 1 aromatic heterocycles. The van der Waals surface area contributed by atoms with Gasteiger partial charge in [0.15, 0.2) is 0 Å². The van der Waals surface area contributed by atoms with Crippen LogP contribution in [0.3, 0.4) is 0 Å². The number of aromatic amines is 1. The monoisotopic (exact) mass is 228 g/mol. The lowest BCUT2D eigenvalue weighted by Gasteiger charge is -2.19. The predicted molar refractivity (Wildman–Crippen MR) is 59.4 cm³/mol. The number of hydrogen-bond acceptors (Lipinski definition) is 2. The number of pyridine rings is 1. The second-order valence-corrected chi connectivity index (χ2v) is 3.39. The minimum atomic E-state index is -0.216. The number of hydrogen-bond donors (Lipinski definition) is 1. The molecule has 0 aliphatic carbocycles. The highest BCUT2D eigenvalue weighted by Gasteiger charge is 2.12. The Morgan fingerprint density at radius 3 is 2.73 bits per heavy atom. The van der Waals surface area contributed by atoms with Crippen LogP contribution < -0.4 is 5.56 Å². The Labute approximate surface area is 92.9 Å². The Kier molecular flexibility index (Phi) is 4.37. The fourth-order valence-electron chi connectivity index (χ4n) is 1.23. The summed E-state index contributed by atoms with van der Waals surface area (Å²) in [6.45, 7) is 3.00. The van der Waals surface area contributed by atoms with Crippen molar-refractivity contribution in [3.63, 3.8) is 0 Å². The Hall–Kier alpha value is -1.29. The van der Waals surface area contributed by atoms with Gasteiger partial charge in [-0.3, -0.25) is 9.59 Å². The average molecular weight is 229 g/mol. The van der Waals surface area contributed by atoms with Gasteiger partial charge >= 0.3 is 0 Å². The van der Waals surface area contributed by atoms with Crippen LogP contribution in [-0.4, -0.2) is 34.8 Å². The number of alkyl halides is 1. The van der Waals surface area contributed by atoms with Gasteiger partial charge in [-0.1, -0.05) is 0 Å². The van der Waals surface area contributed by atoms with Gasteiger partial charge in [0.1, 0.15) is 0 Å². The molecule has 4 nitrogen and oxygen atoms in total. The van der Waals surface area contributed by atoms with Crippen molar-refractivity contribution in [2.45, 2.75) is 6.92 Å². The second-order valence-electron chi connectivity index (χ2n) is 3.02. The highest BCUT2D eigenvalue weighted by atomic mass is 35.5. The van der Waals surface area contributed by atoms with Crippen LogP contribution >= 0.6 is 11.6 Å². The van der Waals surface area contributed by atoms with Gasteiger partial charge in [0.25, 0.3) is 5.91 Å². The second kappa shape index (κ2) is 5.56. The van der Waals surface area contributed by atoms with E-state index in [4.69, 9.17) is 11.6 Å². The third-order valence-corrected chi connectivity index (χ3v) is 2.22. The van der Waals surface area contributed by atoms with Crippen LogP contribution in [0, 0.1) is 0 Å². The first-order valence-electron chi connectivity index (χ1n) is 4.73. The lowest BCUT2D eigenvalue weighted by Crippen LogP contribution is -2.32. The van der Waals surface area contributed by atoms with Crippen LogP contribution in [-0.2, 0) is 0 Å². The molecule has 82 valence electrons. The third kappa shape index (κ3) is 3.09. The van der Waals surface area contributed by atoms with Crippen LogP contribution in [0.15, 0.2) is 23.1 Å². The van der Waals surface area contributed by atoms with Crippen LogP contribution in [0.1, 0.15) is 17.3 Å². The molecule has 0 aliphatic heterocycles. The molecule has 1 aromatic rings. The van der Waals surface area contributed by atoms with Crippen molar-refractivity contribution in [2.24, 2.45) is 0 Å². The fourth-order valence-corrected chi connectivity index (χ4v) is 1.44. The first-order valence-corrected chi connectivity index (χ1v) is 5.26. The summed E-state index contributed by atoms with van der Waals surface area (Å²) in [4.78, 5) is 26.7. The zero-order valence-electron chi connectivity index (χ0n) is 8.50. The molecule has 1 heterocycles. The highest BCUT2D eigenvalue weighted by molar-refractivity contribution is 6.18. The van der Waals surface area contributed by atoms with E-state index in [2.05, 4.69) is 4.98 Å². The number of halogens is 1. The zero-order chi connectivity index (χ0) is 11.3. The highest BCUT2D eigenvalue weighted by Crippen LogP contribution is 2.01. The Morgan fingerprint density at radius 1 is 1.53 bits per heavy atom. The average Bonchev–Trinajstić information content (AvgIpc) is 2.26. The lowest BCUT2D eigenvalue weighted by molar-refractivity contribution is 0.0773. The molecule has 0 aromatic carbocycles. The largest absolute Gasteiger partial charge is 0.338 e. The van der Waals surface area contributed by atoms with Crippen molar-refractivity contribution in [3.05, 3.63) is 34.2 Å². The molecule has 1 rings (SSSR count). The van der Waals surface area contributed by atoms with Crippen LogP contribution in [0.5, 0.6) is 0 Å². The maximum atomic E-state index is 11.8. The first kappa shape index (κ1) is 11.8. The molecule has 0 atom stereocenters. The van der Waals surface area contributed by atoms with Crippen LogP contribution in [0.25, 0.3) is 0 Å². The zero-order valence-corrected chi connectivity index (χ0v) is 9.25. The van der Waals surface area contributed by atoms with E-state index in [1.54, 1.807) is 4.90 Å². The van der Waals surface area contributed by atoms with Crippen LogP contribution in [0.2, 0.25) is 0 Å². The number of nitrogens with one attached hydrogen (secondary N) is 1. The minimum absolute atomic E-state index is 0.116. The number of amides is 1. The quantitative estimate of drug-likeness (QED) is 0.784. The summed E-state index contributed by atoms with van der Waals surface area (Å²) in [6.07, 6.45) is 1.42. The van der Waals surface area contributed by atoms with E-state index in [1.165, 1.54) is 18.3 Å². The fraction of sp³-hybridized carbons (Fsp3) is 0.400. The van der Waals surface area contributed by atoms with Crippen molar-refractivity contribution in [2.75, 3.05) is 19.0 Å². The van der Waals surface area contributed by atoms with Crippen molar-refractivity contribution >= 4 is 17.5 Å². The summed E-state index contributed by atoms with van der Waals surface area (Å²) in [5.74, 6) is 0.289. The Bertz CT molecular complexity index is 369. The van der Waals surface area contributed by atoms with Gasteiger partial charge in [-0.15, -0.1) is 11.6 Å². The smallest absolute Gasteiger partial charge is 0.255 e. The summed E-state index contributed by atoms with van der Waals surface area (Å²) in [6, 6.07) is 2.85. The van der Waals surface area contributed by atoms with E-state index in [9.17, 15) is 9.59 Å². The van der Waals surface area contributed by atoms with Crippen molar-refractivity contribution in [1.29, 1.82) is 0 Å². The summed E-state index contributed by atoms with van der Waals surface area (Å²) >= 11 is 5.58. The molecule has 0 saturated heterocycles. The van der Waals surface area contributed by atoms with E-state index < -0.39 is 0 Å². The number of carbonyl (C=O) groups excluding carboxylic acids is 1. The van der Waals surface area contributed by atoms with Gasteiger partial charge in [-0.2, -0.15) is 0 Å². The Balaban J connectivity index is 2.82. The molecule has 1 N–H and O–H groups in total. The molecule has 0 bridgehead atoms. The maximum Gasteiger partial charge on any atom is 0.255 e. The number of carbonyl (C=O) groups is 1. The Morgan fingerprint density at radius 2 is 2.27 bits per heavy atom. The summed E-state index contributed by atoms with van der Waals surface area (Å²) < 4.78 is 0. The van der Waals surface area contributed by atoms with E-state index in [0.717, 1.165) is 0 Å². The summed E-state index contributed by atoms with van der Waals surface area (Å²) in [5, 5.41) is 0. The van der Waals surface area contributed by atoms with Crippen LogP contribution in [0.4, 0.5) is 0 Å². The number of rotatable bonds is 4. The molecule has 0 spiro atoms. The van der Waals surface area contributed by atoms with E-state index >= 15 is 0 Å². The maximum absolute atomic E-state index is 11.8. The number of aromatic nitrogens is 1. The topological polar surface area (TPSA) is 53.2 Å². The van der Waals surface area contributed by atoms with Gasteiger partial charge in [0.05, 0.1) is 5.56 Å². The van der Waals surface area contributed by atoms with Gasteiger partial charge in [-0.05, 0) is 13.0 Å². The van der Waals surface area contributed by atoms with Gasteiger partial charge in [-0.25, -0.2) is 0 Å². The van der Waals surface area contributed by atoms with Crippen molar-refractivity contribution < 1.29 is 4.79 Å². The number of nitrogens with zero attached hydrogens (tertiary/aromatic N) is 1. The molecule has 0 aliphatic rings. The van der Waals surface area contributed by atoms with Gasteiger partial charge in [0.2, 0.25) is 5.56 Å². The third-order valence-electron chi connectivity index (χ3n) is 2.05. The predicted octanol–water partition coefficient (Wildman–Crippen LogP) is 1.08. The lowest BCUT2D eigenvalue weighted by atomic mass is 10.2. The molecular weight excluding hydrogens is 216 g/mol. The molecule has 5 heteroatoms. The molecule has 1 amide bonds. The van der Waals surface area contributed by atoms with E-state index in [1.807, 2.05) is 6.92 Å². The molecule has 0 fully saturated rings. The van der Waals surface area contributed by atoms with E-state index in [-0.39, 0.29) is 11.5 Å². The normalized spacial score (nSPS) is 10.0. The first-order chi connectivity index (χ1) is 7.19. The summed E-state index contributed by atoms with van der Waals surface area (Å²) in [7, 11) is 0. The summed E-state index contributed by atoms with van der Waals surface area (Å²) in [5.41, 5.74) is 0.258. The minimum Gasteiger partial charge on any atom is -0.338 e. The number of H-pyrrole nitrogens is 1. The van der Waals surface area contributed by atoms with Gasteiger partial charge in [0, 0.05) is 31.2 Å². The molecule has 0 saturated carbocycles. The van der Waals surface area contributed by atoms with Crippen molar-refractivity contribution in [3.8, 4) is 0 Å². The molecular formula is C10H13ClN2O2. The van der Waals surface area contributed by atoms with E-state index in [0.29, 0.717) is 24.5 Å². The van der Waals surface area contributed by atoms with Crippen molar-refractivity contribution in [1.82, 2.24) is 9.88 Å². The molecule has 0 unspecified atom stereocenters. The molecule has 15 heavy (non-hydrogen) atoms. The SMILES string of the molecule is CCN(CCCl)C(=O)c1ccc(=O)[nH]c1. The standard InChI is InChI=1S/C10H13ClN2O2/c1-2-13(6-5-11)10(15)8-3-4-9(14)12-7-8/h3-4,7H,2,5-6H2,1H3,(H,12,14). The molecule has 0 radical (unpaired) electrons.